The van der Waals surface area contributed by atoms with Gasteiger partial charge in [0.2, 0.25) is 0 Å². The second-order valence-corrected chi connectivity index (χ2v) is 9.45. The summed E-state index contributed by atoms with van der Waals surface area (Å²) >= 11 is 0. The van der Waals surface area contributed by atoms with E-state index in [9.17, 15) is 13.2 Å². The minimum Gasteiger partial charge on any atom is -0.460 e. The number of hydrogen-bond acceptors (Lipinski definition) is 7. The number of aromatic nitrogens is 1. The Balaban J connectivity index is 1.40. The molecule has 1 N–H and O–H groups in total. The summed E-state index contributed by atoms with van der Waals surface area (Å²) in [7, 11) is -3.94. The molecule has 1 aromatic heterocycles. The highest BCUT2D eigenvalue weighted by molar-refractivity contribution is 7.90. The van der Waals surface area contributed by atoms with Gasteiger partial charge in [0.15, 0.2) is 0 Å². The molecule has 0 radical (unpaired) electrons. The number of pyridine rings is 1. The number of benzene rings is 1. The van der Waals surface area contributed by atoms with Gasteiger partial charge in [0, 0.05) is 19.6 Å². The largest absolute Gasteiger partial charge is 0.460 e. The van der Waals surface area contributed by atoms with Crippen molar-refractivity contribution >= 4 is 27.7 Å². The molecule has 0 aliphatic carbocycles. The van der Waals surface area contributed by atoms with Gasteiger partial charge in [-0.2, -0.15) is 12.7 Å². The lowest BCUT2D eigenvalue weighted by molar-refractivity contribution is -0.150. The number of esters is 1. The zero-order valence-corrected chi connectivity index (χ0v) is 18.7. The summed E-state index contributed by atoms with van der Waals surface area (Å²) in [5, 5.41) is 0. The number of nitrogens with zero attached hydrogens (tertiary/aromatic N) is 3. The molecule has 0 bridgehead atoms. The first-order chi connectivity index (χ1) is 15.5. The third-order valence-corrected chi connectivity index (χ3v) is 7.14. The van der Waals surface area contributed by atoms with Gasteiger partial charge in [-0.05, 0) is 37.0 Å². The van der Waals surface area contributed by atoms with Crippen LogP contribution in [0.25, 0.3) is 0 Å². The number of rotatable bonds is 7. The molecule has 2 aliphatic rings. The van der Waals surface area contributed by atoms with Gasteiger partial charge in [0.1, 0.15) is 18.5 Å². The zero-order valence-electron chi connectivity index (χ0n) is 17.9. The minimum atomic E-state index is -3.94. The van der Waals surface area contributed by atoms with Crippen LogP contribution < -0.4 is 9.62 Å². The number of ether oxygens (including phenoxy) is 2. The molecule has 0 amide bonds. The summed E-state index contributed by atoms with van der Waals surface area (Å²) in [6.45, 7) is 3.17. The Labute approximate surface area is 188 Å². The second kappa shape index (κ2) is 10.3. The molecule has 0 spiro atoms. The van der Waals surface area contributed by atoms with E-state index < -0.39 is 22.2 Å². The normalized spacial score (nSPS) is 20.0. The second-order valence-electron chi connectivity index (χ2n) is 7.83. The molecule has 2 fully saturated rings. The molecule has 0 saturated carbocycles. The predicted molar refractivity (Wildman–Crippen MR) is 120 cm³/mol. The molecule has 1 atom stereocenters. The number of carbonyl (C=O) groups is 1. The number of piperidine rings is 1. The standard InChI is InChI=1S/C22H28N4O5S/c27-22(31-17-18-6-2-1-3-7-18)20-8-4-5-11-26(20)32(28,29)24-19-9-10-21(23-16-19)25-12-14-30-15-13-25/h1-3,6-7,9-10,16,20,24H,4-5,8,11-15,17H2. The third kappa shape index (κ3) is 5.56. The van der Waals surface area contributed by atoms with Crippen LogP contribution in [0.5, 0.6) is 0 Å². The van der Waals surface area contributed by atoms with Gasteiger partial charge >= 0.3 is 16.2 Å². The lowest BCUT2D eigenvalue weighted by atomic mass is 10.1. The first kappa shape index (κ1) is 22.5. The summed E-state index contributed by atoms with van der Waals surface area (Å²) in [6, 6.07) is 12.0. The topological polar surface area (TPSA) is 101 Å². The number of morpholine rings is 1. The van der Waals surface area contributed by atoms with Crippen molar-refractivity contribution in [3.8, 4) is 0 Å². The molecular weight excluding hydrogens is 432 g/mol. The Morgan fingerprint density at radius 2 is 1.88 bits per heavy atom. The van der Waals surface area contributed by atoms with Crippen LogP contribution in [0, 0.1) is 0 Å². The maximum atomic E-state index is 13.1. The fraction of sp³-hybridized carbons (Fsp3) is 0.455. The summed E-state index contributed by atoms with van der Waals surface area (Å²) in [5.74, 6) is 0.247. The summed E-state index contributed by atoms with van der Waals surface area (Å²) < 4.78 is 40.7. The van der Waals surface area contributed by atoms with Crippen molar-refractivity contribution in [1.82, 2.24) is 9.29 Å². The van der Waals surface area contributed by atoms with Crippen molar-refractivity contribution in [1.29, 1.82) is 0 Å². The van der Waals surface area contributed by atoms with Crippen molar-refractivity contribution in [2.75, 3.05) is 42.5 Å². The molecular formula is C22H28N4O5S. The smallest absolute Gasteiger partial charge is 0.324 e. The van der Waals surface area contributed by atoms with Gasteiger partial charge in [0.25, 0.3) is 0 Å². The van der Waals surface area contributed by atoms with Crippen molar-refractivity contribution in [2.24, 2.45) is 0 Å². The van der Waals surface area contributed by atoms with Crippen LogP contribution in [0.15, 0.2) is 48.7 Å². The Kier molecular flexibility index (Phi) is 7.23. The Hall–Kier alpha value is -2.69. The molecule has 10 heteroatoms. The first-order valence-corrected chi connectivity index (χ1v) is 12.3. The lowest BCUT2D eigenvalue weighted by Gasteiger charge is -2.33. The first-order valence-electron chi connectivity index (χ1n) is 10.8. The monoisotopic (exact) mass is 460 g/mol. The van der Waals surface area contributed by atoms with Gasteiger partial charge in [-0.15, -0.1) is 0 Å². The molecule has 2 aromatic rings. The highest BCUT2D eigenvalue weighted by atomic mass is 32.2. The van der Waals surface area contributed by atoms with E-state index in [0.29, 0.717) is 31.7 Å². The fourth-order valence-corrected chi connectivity index (χ4v) is 5.32. The van der Waals surface area contributed by atoms with Gasteiger partial charge in [0.05, 0.1) is 25.1 Å². The van der Waals surface area contributed by atoms with E-state index in [0.717, 1.165) is 30.9 Å². The van der Waals surface area contributed by atoms with E-state index in [-0.39, 0.29) is 13.2 Å². The predicted octanol–water partition coefficient (Wildman–Crippen LogP) is 2.17. The van der Waals surface area contributed by atoms with E-state index in [4.69, 9.17) is 9.47 Å². The molecule has 1 aromatic carbocycles. The highest BCUT2D eigenvalue weighted by Crippen LogP contribution is 2.24. The summed E-state index contributed by atoms with van der Waals surface area (Å²) in [5.41, 5.74) is 1.21. The number of nitrogens with one attached hydrogen (secondary N) is 1. The maximum Gasteiger partial charge on any atom is 0.324 e. The van der Waals surface area contributed by atoms with Crippen LogP contribution >= 0.6 is 0 Å². The van der Waals surface area contributed by atoms with E-state index in [1.807, 2.05) is 30.3 Å². The van der Waals surface area contributed by atoms with Crippen molar-refractivity contribution in [2.45, 2.75) is 31.9 Å². The van der Waals surface area contributed by atoms with E-state index in [1.165, 1.54) is 10.5 Å². The zero-order chi connectivity index (χ0) is 22.4. The molecule has 32 heavy (non-hydrogen) atoms. The quantitative estimate of drug-likeness (QED) is 0.632. The lowest BCUT2D eigenvalue weighted by Crippen LogP contribution is -2.50. The molecule has 1 unspecified atom stereocenters. The minimum absolute atomic E-state index is 0.115. The van der Waals surface area contributed by atoms with Gasteiger partial charge in [-0.25, -0.2) is 4.98 Å². The van der Waals surface area contributed by atoms with E-state index in [2.05, 4.69) is 14.6 Å². The Morgan fingerprint density at radius 1 is 1.09 bits per heavy atom. The van der Waals surface area contributed by atoms with Crippen LogP contribution in [0.1, 0.15) is 24.8 Å². The number of hydrogen-bond donors (Lipinski definition) is 1. The Bertz CT molecular complexity index is 995. The van der Waals surface area contributed by atoms with Crippen LogP contribution in [0.3, 0.4) is 0 Å². The average Bonchev–Trinajstić information content (AvgIpc) is 2.84. The molecule has 172 valence electrons. The number of carbonyl (C=O) groups excluding carboxylic acids is 1. The van der Waals surface area contributed by atoms with Crippen LogP contribution in [-0.2, 0) is 31.1 Å². The van der Waals surface area contributed by atoms with Crippen LogP contribution in [-0.4, -0.2) is 62.6 Å². The third-order valence-electron chi connectivity index (χ3n) is 5.59. The molecule has 2 saturated heterocycles. The number of anilines is 2. The van der Waals surface area contributed by atoms with Crippen molar-refractivity contribution < 1.29 is 22.7 Å². The summed E-state index contributed by atoms with van der Waals surface area (Å²) in [4.78, 5) is 19.2. The van der Waals surface area contributed by atoms with Gasteiger partial charge < -0.3 is 14.4 Å². The van der Waals surface area contributed by atoms with Crippen LogP contribution in [0.4, 0.5) is 11.5 Å². The fourth-order valence-electron chi connectivity index (χ4n) is 3.89. The van der Waals surface area contributed by atoms with Crippen molar-refractivity contribution in [3.05, 3.63) is 54.2 Å². The molecule has 3 heterocycles. The van der Waals surface area contributed by atoms with Crippen LogP contribution in [0.2, 0.25) is 0 Å². The molecule has 4 rings (SSSR count). The molecule has 9 nitrogen and oxygen atoms in total. The van der Waals surface area contributed by atoms with Gasteiger partial charge in [-0.3, -0.25) is 9.52 Å². The summed E-state index contributed by atoms with van der Waals surface area (Å²) in [6.07, 6.45) is 3.39. The van der Waals surface area contributed by atoms with E-state index in [1.54, 1.807) is 12.1 Å². The maximum absolute atomic E-state index is 13.1. The average molecular weight is 461 g/mol. The van der Waals surface area contributed by atoms with Crippen molar-refractivity contribution in [3.63, 3.8) is 0 Å². The molecule has 2 aliphatic heterocycles. The SMILES string of the molecule is O=C(OCc1ccccc1)C1CCCCN1S(=O)(=O)Nc1ccc(N2CCOCC2)nc1. The van der Waals surface area contributed by atoms with E-state index >= 15 is 0 Å². The Morgan fingerprint density at radius 3 is 2.59 bits per heavy atom. The highest BCUT2D eigenvalue weighted by Gasteiger charge is 2.38. The van der Waals surface area contributed by atoms with Gasteiger partial charge in [-0.1, -0.05) is 30.3 Å².